The summed E-state index contributed by atoms with van der Waals surface area (Å²) in [5.74, 6) is 0.0454. The fourth-order valence-electron chi connectivity index (χ4n) is 2.81. The summed E-state index contributed by atoms with van der Waals surface area (Å²) in [6.07, 6.45) is 0. The lowest BCUT2D eigenvalue weighted by molar-refractivity contribution is -0.384. The number of anilines is 1. The standard InChI is InChI=1S/C18H20N6O3/c19-17(20-14-4-2-1-3-5-14)21-18(25)23-12-10-22(11-13-23)15-6-8-16(9-7-15)24(26)27/h1-9H,10-13H2,(H3,19,20,21,25). The van der Waals surface area contributed by atoms with E-state index in [0.717, 1.165) is 5.69 Å². The summed E-state index contributed by atoms with van der Waals surface area (Å²) >= 11 is 0. The molecule has 2 amide bonds. The molecule has 1 aliphatic heterocycles. The van der Waals surface area contributed by atoms with Crippen LogP contribution in [0, 0.1) is 10.1 Å². The largest absolute Gasteiger partial charge is 0.369 e. The average Bonchev–Trinajstić information content (AvgIpc) is 2.69. The van der Waals surface area contributed by atoms with Gasteiger partial charge in [0.1, 0.15) is 0 Å². The van der Waals surface area contributed by atoms with Crippen molar-refractivity contribution in [1.82, 2.24) is 10.2 Å². The Bertz CT molecular complexity index is 830. The van der Waals surface area contributed by atoms with Gasteiger partial charge in [-0.05, 0) is 24.3 Å². The van der Waals surface area contributed by atoms with Crippen LogP contribution >= 0.6 is 0 Å². The SMILES string of the molecule is NC(=Nc1ccccc1)NC(=O)N1CCN(c2ccc([N+](=O)[O-])cc2)CC1. The lowest BCUT2D eigenvalue weighted by Gasteiger charge is -2.35. The van der Waals surface area contributed by atoms with E-state index in [1.165, 1.54) is 12.1 Å². The summed E-state index contributed by atoms with van der Waals surface area (Å²) in [7, 11) is 0. The van der Waals surface area contributed by atoms with Crippen molar-refractivity contribution < 1.29 is 9.72 Å². The second-order valence-electron chi connectivity index (χ2n) is 6.01. The monoisotopic (exact) mass is 368 g/mol. The van der Waals surface area contributed by atoms with Crippen molar-refractivity contribution >= 4 is 29.1 Å². The summed E-state index contributed by atoms with van der Waals surface area (Å²) < 4.78 is 0. The van der Waals surface area contributed by atoms with Crippen LogP contribution in [0.25, 0.3) is 0 Å². The number of amides is 2. The van der Waals surface area contributed by atoms with Crippen LogP contribution in [0.5, 0.6) is 0 Å². The highest BCUT2D eigenvalue weighted by atomic mass is 16.6. The minimum Gasteiger partial charge on any atom is -0.369 e. The van der Waals surface area contributed by atoms with Gasteiger partial charge in [0, 0.05) is 44.0 Å². The zero-order chi connectivity index (χ0) is 19.2. The third-order valence-electron chi connectivity index (χ3n) is 4.23. The van der Waals surface area contributed by atoms with E-state index in [4.69, 9.17) is 5.73 Å². The molecular weight excluding hydrogens is 348 g/mol. The molecule has 9 heteroatoms. The first-order valence-electron chi connectivity index (χ1n) is 8.47. The molecule has 0 aromatic heterocycles. The topological polar surface area (TPSA) is 117 Å². The molecule has 3 N–H and O–H groups in total. The predicted molar refractivity (Wildman–Crippen MR) is 103 cm³/mol. The van der Waals surface area contributed by atoms with Crippen molar-refractivity contribution in [3.8, 4) is 0 Å². The molecule has 0 bridgehead atoms. The quantitative estimate of drug-likeness (QED) is 0.372. The van der Waals surface area contributed by atoms with Crippen molar-refractivity contribution in [1.29, 1.82) is 0 Å². The van der Waals surface area contributed by atoms with E-state index in [2.05, 4.69) is 15.2 Å². The maximum Gasteiger partial charge on any atom is 0.324 e. The van der Waals surface area contributed by atoms with Crippen LogP contribution in [-0.2, 0) is 0 Å². The number of piperazine rings is 1. The number of urea groups is 1. The number of nitrogens with zero attached hydrogens (tertiary/aromatic N) is 4. The summed E-state index contributed by atoms with van der Waals surface area (Å²) in [6, 6.07) is 15.2. The number of benzene rings is 2. The van der Waals surface area contributed by atoms with Gasteiger partial charge < -0.3 is 15.5 Å². The number of para-hydroxylation sites is 1. The summed E-state index contributed by atoms with van der Waals surface area (Å²) in [4.78, 5) is 30.5. The Morgan fingerprint density at radius 3 is 2.26 bits per heavy atom. The fourth-order valence-corrected chi connectivity index (χ4v) is 2.81. The van der Waals surface area contributed by atoms with E-state index in [1.807, 2.05) is 18.2 Å². The Morgan fingerprint density at radius 2 is 1.67 bits per heavy atom. The highest BCUT2D eigenvalue weighted by molar-refractivity contribution is 5.96. The summed E-state index contributed by atoms with van der Waals surface area (Å²) in [6.45, 7) is 2.28. The number of nitrogens with two attached hydrogens (primary N) is 1. The highest BCUT2D eigenvalue weighted by Gasteiger charge is 2.22. The van der Waals surface area contributed by atoms with Crippen LogP contribution in [0.3, 0.4) is 0 Å². The van der Waals surface area contributed by atoms with Crippen LogP contribution < -0.4 is 16.0 Å². The zero-order valence-electron chi connectivity index (χ0n) is 14.6. The van der Waals surface area contributed by atoms with Crippen molar-refractivity contribution in [2.45, 2.75) is 0 Å². The van der Waals surface area contributed by atoms with Crippen LogP contribution in [0.2, 0.25) is 0 Å². The molecule has 1 fully saturated rings. The van der Waals surface area contributed by atoms with Crippen molar-refractivity contribution in [2.24, 2.45) is 10.7 Å². The molecule has 27 heavy (non-hydrogen) atoms. The van der Waals surface area contributed by atoms with Crippen molar-refractivity contribution in [3.63, 3.8) is 0 Å². The number of hydrogen-bond donors (Lipinski definition) is 2. The molecule has 0 radical (unpaired) electrons. The molecule has 0 aliphatic carbocycles. The first-order chi connectivity index (χ1) is 13.0. The molecule has 0 spiro atoms. The molecule has 9 nitrogen and oxygen atoms in total. The van der Waals surface area contributed by atoms with Crippen LogP contribution in [0.4, 0.5) is 21.9 Å². The number of hydrogen-bond acceptors (Lipinski definition) is 5. The Balaban J connectivity index is 1.53. The molecule has 0 atom stereocenters. The molecule has 0 unspecified atom stereocenters. The van der Waals surface area contributed by atoms with Gasteiger partial charge in [-0.15, -0.1) is 0 Å². The van der Waals surface area contributed by atoms with E-state index in [9.17, 15) is 14.9 Å². The zero-order valence-corrected chi connectivity index (χ0v) is 14.6. The normalized spacial score (nSPS) is 14.7. The number of guanidine groups is 1. The van der Waals surface area contributed by atoms with Crippen molar-refractivity contribution in [2.75, 3.05) is 31.1 Å². The molecular formula is C18H20N6O3. The third kappa shape index (κ3) is 4.72. The van der Waals surface area contributed by atoms with Gasteiger partial charge in [0.25, 0.3) is 5.69 Å². The Labute approximate surface area is 156 Å². The third-order valence-corrected chi connectivity index (χ3v) is 4.23. The molecule has 0 saturated carbocycles. The fraction of sp³-hybridized carbons (Fsp3) is 0.222. The summed E-state index contributed by atoms with van der Waals surface area (Å²) in [5, 5.41) is 13.3. The number of carbonyl (C=O) groups excluding carboxylic acids is 1. The van der Waals surface area contributed by atoms with Gasteiger partial charge in [-0.2, -0.15) is 0 Å². The van der Waals surface area contributed by atoms with E-state index in [-0.39, 0.29) is 17.7 Å². The minimum atomic E-state index is -0.423. The lowest BCUT2D eigenvalue weighted by Crippen LogP contribution is -2.53. The van der Waals surface area contributed by atoms with Gasteiger partial charge in [0.05, 0.1) is 10.6 Å². The molecule has 2 aromatic rings. The number of carbonyl (C=O) groups is 1. The van der Waals surface area contributed by atoms with Crippen LogP contribution in [0.1, 0.15) is 0 Å². The van der Waals surface area contributed by atoms with Gasteiger partial charge in [-0.3, -0.25) is 15.4 Å². The van der Waals surface area contributed by atoms with E-state index in [0.29, 0.717) is 31.9 Å². The number of nitro benzene ring substituents is 1. The molecule has 1 saturated heterocycles. The molecule has 3 rings (SSSR count). The van der Waals surface area contributed by atoms with Gasteiger partial charge in [0.15, 0.2) is 0 Å². The van der Waals surface area contributed by atoms with Crippen LogP contribution in [0.15, 0.2) is 59.6 Å². The Kier molecular flexibility index (Phi) is 5.50. The number of aliphatic imine (C=N–C) groups is 1. The highest BCUT2D eigenvalue weighted by Crippen LogP contribution is 2.20. The summed E-state index contributed by atoms with van der Waals surface area (Å²) in [5.41, 5.74) is 7.42. The van der Waals surface area contributed by atoms with Crippen molar-refractivity contribution in [3.05, 3.63) is 64.7 Å². The van der Waals surface area contributed by atoms with E-state index in [1.54, 1.807) is 29.2 Å². The first kappa shape index (κ1) is 18.2. The maximum atomic E-state index is 12.3. The van der Waals surface area contributed by atoms with E-state index < -0.39 is 4.92 Å². The van der Waals surface area contributed by atoms with Gasteiger partial charge >= 0.3 is 6.03 Å². The molecule has 140 valence electrons. The van der Waals surface area contributed by atoms with Gasteiger partial charge in [-0.1, -0.05) is 18.2 Å². The number of non-ortho nitro benzene ring substituents is 1. The smallest absolute Gasteiger partial charge is 0.324 e. The first-order valence-corrected chi connectivity index (χ1v) is 8.47. The lowest BCUT2D eigenvalue weighted by atomic mass is 10.2. The van der Waals surface area contributed by atoms with Crippen LogP contribution in [-0.4, -0.2) is 48.0 Å². The number of nitrogens with one attached hydrogen (secondary N) is 1. The Morgan fingerprint density at radius 1 is 1.04 bits per heavy atom. The number of rotatable bonds is 3. The number of nitro groups is 1. The maximum absolute atomic E-state index is 12.3. The molecule has 1 aliphatic rings. The molecule has 2 aromatic carbocycles. The Hall–Kier alpha value is -3.62. The predicted octanol–water partition coefficient (Wildman–Crippen LogP) is 2.07. The second kappa shape index (κ2) is 8.17. The van der Waals surface area contributed by atoms with Gasteiger partial charge in [0.2, 0.25) is 5.96 Å². The molecule has 1 heterocycles. The van der Waals surface area contributed by atoms with E-state index >= 15 is 0 Å². The second-order valence-corrected chi connectivity index (χ2v) is 6.01. The average molecular weight is 368 g/mol. The van der Waals surface area contributed by atoms with Gasteiger partial charge in [-0.25, -0.2) is 9.79 Å². The minimum absolute atomic E-state index is 0.0454.